The first-order valence-electron chi connectivity index (χ1n) is 10.3. The van der Waals surface area contributed by atoms with E-state index in [4.69, 9.17) is 0 Å². The van der Waals surface area contributed by atoms with Crippen molar-refractivity contribution < 1.29 is 19.5 Å². The number of carbonyl (C=O) groups excluding carboxylic acids is 2. The van der Waals surface area contributed by atoms with Gasteiger partial charge in [-0.2, -0.15) is 0 Å². The summed E-state index contributed by atoms with van der Waals surface area (Å²) < 4.78 is 1.09. The van der Waals surface area contributed by atoms with Crippen molar-refractivity contribution in [1.82, 2.24) is 0 Å². The van der Waals surface area contributed by atoms with Gasteiger partial charge in [0.1, 0.15) is 0 Å². The number of thioether (sulfide) groups is 1. The van der Waals surface area contributed by atoms with Crippen molar-refractivity contribution in [3.63, 3.8) is 0 Å². The Morgan fingerprint density at radius 2 is 1.47 bits per heavy atom. The number of amides is 2. The molecule has 4 aromatic rings. The summed E-state index contributed by atoms with van der Waals surface area (Å²) >= 11 is 3.56. The molecule has 0 saturated carbocycles. The molecule has 0 radical (unpaired) electrons. The van der Waals surface area contributed by atoms with Gasteiger partial charge in [-0.05, 0) is 82.6 Å². The molecule has 2 amide bonds. The Hall–Kier alpha value is -3.37. The van der Waals surface area contributed by atoms with Gasteiger partial charge in [-0.1, -0.05) is 30.3 Å². The lowest BCUT2D eigenvalue weighted by molar-refractivity contribution is -0.113. The molecular weight excluding hydrogens is 563 g/mol. The highest BCUT2D eigenvalue weighted by molar-refractivity contribution is 14.1. The molecule has 0 aliphatic rings. The van der Waals surface area contributed by atoms with Gasteiger partial charge in [-0.25, -0.2) is 4.79 Å². The van der Waals surface area contributed by atoms with Crippen molar-refractivity contribution in [2.45, 2.75) is 4.90 Å². The van der Waals surface area contributed by atoms with Crippen LogP contribution in [0.15, 0.2) is 89.8 Å². The molecule has 6 nitrogen and oxygen atoms in total. The molecule has 0 atom stereocenters. The van der Waals surface area contributed by atoms with Gasteiger partial charge in [-0.15, -0.1) is 11.8 Å². The Bertz CT molecular complexity index is 1380. The van der Waals surface area contributed by atoms with Crippen LogP contribution in [-0.4, -0.2) is 28.6 Å². The Labute approximate surface area is 213 Å². The van der Waals surface area contributed by atoms with Crippen molar-refractivity contribution in [2.75, 3.05) is 16.4 Å². The zero-order valence-electron chi connectivity index (χ0n) is 17.7. The van der Waals surface area contributed by atoms with E-state index < -0.39 is 11.9 Å². The first-order chi connectivity index (χ1) is 16.4. The van der Waals surface area contributed by atoms with Gasteiger partial charge in [0.15, 0.2) is 0 Å². The number of hydrogen-bond donors (Lipinski definition) is 3. The number of anilines is 2. The highest BCUT2D eigenvalue weighted by atomic mass is 127. The van der Waals surface area contributed by atoms with E-state index >= 15 is 0 Å². The van der Waals surface area contributed by atoms with E-state index in [2.05, 4.69) is 33.2 Å². The number of carbonyl (C=O) groups is 3. The number of halogens is 1. The van der Waals surface area contributed by atoms with E-state index in [0.29, 0.717) is 16.5 Å². The fourth-order valence-electron chi connectivity index (χ4n) is 3.45. The van der Waals surface area contributed by atoms with Crippen LogP contribution in [0.4, 0.5) is 11.4 Å². The third kappa shape index (κ3) is 5.75. The molecule has 0 heterocycles. The number of fused-ring (bicyclic) bond motifs is 1. The van der Waals surface area contributed by atoms with Gasteiger partial charge in [0.05, 0.1) is 11.3 Å². The average molecular weight is 582 g/mol. The average Bonchev–Trinajstić information content (AvgIpc) is 2.83. The summed E-state index contributed by atoms with van der Waals surface area (Å²) in [6, 6.07) is 24.7. The van der Waals surface area contributed by atoms with E-state index in [1.165, 1.54) is 17.8 Å². The molecule has 34 heavy (non-hydrogen) atoms. The number of carboxylic acids is 1. The third-order valence-electron chi connectivity index (χ3n) is 4.97. The van der Waals surface area contributed by atoms with Gasteiger partial charge in [0, 0.05) is 30.8 Å². The molecule has 0 aliphatic heterocycles. The van der Waals surface area contributed by atoms with Gasteiger partial charge >= 0.3 is 5.97 Å². The molecule has 0 saturated heterocycles. The normalized spacial score (nSPS) is 10.6. The van der Waals surface area contributed by atoms with Crippen LogP contribution in [0.1, 0.15) is 20.7 Å². The van der Waals surface area contributed by atoms with E-state index in [1.54, 1.807) is 48.5 Å². The van der Waals surface area contributed by atoms with Crippen LogP contribution in [0.5, 0.6) is 0 Å². The van der Waals surface area contributed by atoms with Crippen molar-refractivity contribution in [3.05, 3.63) is 99.6 Å². The first kappa shape index (κ1) is 23.8. The minimum Gasteiger partial charge on any atom is -0.478 e. The molecule has 0 aliphatic carbocycles. The smallest absolute Gasteiger partial charge is 0.336 e. The Morgan fingerprint density at radius 1 is 0.794 bits per heavy atom. The number of carboxylic acid groups (broad SMARTS) is 1. The maximum atomic E-state index is 13.0. The summed E-state index contributed by atoms with van der Waals surface area (Å²) in [5.74, 6) is -1.41. The van der Waals surface area contributed by atoms with Gasteiger partial charge < -0.3 is 15.7 Å². The van der Waals surface area contributed by atoms with Gasteiger partial charge in [0.25, 0.3) is 5.91 Å². The van der Waals surface area contributed by atoms with Gasteiger partial charge in [-0.3, -0.25) is 9.59 Å². The van der Waals surface area contributed by atoms with Crippen LogP contribution >= 0.6 is 34.4 Å². The third-order valence-corrected chi connectivity index (χ3v) is 6.68. The zero-order chi connectivity index (χ0) is 24.1. The molecule has 0 aromatic heterocycles. The van der Waals surface area contributed by atoms with Crippen LogP contribution in [-0.2, 0) is 4.79 Å². The molecule has 3 N–H and O–H groups in total. The fourth-order valence-corrected chi connectivity index (χ4v) is 4.56. The minimum atomic E-state index is -1.09. The Morgan fingerprint density at radius 3 is 2.18 bits per heavy atom. The SMILES string of the molecule is O=C(CSc1cccc(NC(=O)c2cccc3cccc(C(=O)O)c23)c1)Nc1ccc(I)cc1. The zero-order valence-corrected chi connectivity index (χ0v) is 20.7. The number of rotatable bonds is 7. The van der Waals surface area contributed by atoms with Crippen molar-refractivity contribution in [3.8, 4) is 0 Å². The van der Waals surface area contributed by atoms with E-state index in [0.717, 1.165) is 14.2 Å². The molecule has 0 unspecified atom stereocenters. The quantitative estimate of drug-likeness (QED) is 0.180. The van der Waals surface area contributed by atoms with Crippen molar-refractivity contribution in [2.24, 2.45) is 0 Å². The number of aromatic carboxylic acids is 1. The highest BCUT2D eigenvalue weighted by Crippen LogP contribution is 2.26. The summed E-state index contributed by atoms with van der Waals surface area (Å²) in [7, 11) is 0. The molecule has 0 fully saturated rings. The maximum Gasteiger partial charge on any atom is 0.336 e. The second kappa shape index (κ2) is 10.7. The lowest BCUT2D eigenvalue weighted by Gasteiger charge is -2.11. The minimum absolute atomic E-state index is 0.0756. The highest BCUT2D eigenvalue weighted by Gasteiger charge is 2.17. The van der Waals surface area contributed by atoms with E-state index in [1.807, 2.05) is 30.3 Å². The lowest BCUT2D eigenvalue weighted by Crippen LogP contribution is -2.14. The number of benzene rings is 4. The van der Waals surface area contributed by atoms with Crippen LogP contribution < -0.4 is 10.6 Å². The number of hydrogen-bond acceptors (Lipinski definition) is 4. The molecule has 8 heteroatoms. The van der Waals surface area contributed by atoms with E-state index in [-0.39, 0.29) is 22.8 Å². The topological polar surface area (TPSA) is 95.5 Å². The molecule has 0 spiro atoms. The van der Waals surface area contributed by atoms with Crippen LogP contribution in [0, 0.1) is 3.57 Å². The standard InChI is InChI=1S/C26H19IN2O4S/c27-17-10-12-18(13-11-17)28-23(30)15-34-20-7-3-6-19(14-20)29-25(31)21-8-1-4-16-5-2-9-22(24(16)21)26(32)33/h1-14H,15H2,(H,28,30)(H,29,31)(H,32,33). The summed E-state index contributed by atoms with van der Waals surface area (Å²) in [5, 5.41) is 16.3. The molecule has 170 valence electrons. The van der Waals surface area contributed by atoms with Gasteiger partial charge in [0.2, 0.25) is 5.91 Å². The van der Waals surface area contributed by atoms with Crippen LogP contribution in [0.3, 0.4) is 0 Å². The second-order valence-electron chi connectivity index (χ2n) is 7.34. The predicted octanol–water partition coefficient (Wildman–Crippen LogP) is 6.13. The molecule has 4 aromatic carbocycles. The monoisotopic (exact) mass is 582 g/mol. The summed E-state index contributed by atoms with van der Waals surface area (Å²) in [6.45, 7) is 0. The van der Waals surface area contributed by atoms with Crippen molar-refractivity contribution in [1.29, 1.82) is 0 Å². The predicted molar refractivity (Wildman–Crippen MR) is 144 cm³/mol. The van der Waals surface area contributed by atoms with Crippen LogP contribution in [0.2, 0.25) is 0 Å². The maximum absolute atomic E-state index is 13.0. The number of nitrogens with one attached hydrogen (secondary N) is 2. The summed E-state index contributed by atoms with van der Waals surface area (Å²) in [4.78, 5) is 37.8. The summed E-state index contributed by atoms with van der Waals surface area (Å²) in [6.07, 6.45) is 0. The lowest BCUT2D eigenvalue weighted by atomic mass is 9.98. The Kier molecular flexibility index (Phi) is 7.49. The molecular formula is C26H19IN2O4S. The first-order valence-corrected chi connectivity index (χ1v) is 12.3. The van der Waals surface area contributed by atoms with Crippen molar-refractivity contribution >= 4 is 74.3 Å². The molecule has 4 rings (SSSR count). The second-order valence-corrected chi connectivity index (χ2v) is 9.63. The van der Waals surface area contributed by atoms with E-state index in [9.17, 15) is 19.5 Å². The van der Waals surface area contributed by atoms with Crippen LogP contribution in [0.25, 0.3) is 10.8 Å². The molecule has 0 bridgehead atoms. The fraction of sp³-hybridized carbons (Fsp3) is 0.0385. The Balaban J connectivity index is 1.45. The largest absolute Gasteiger partial charge is 0.478 e. The summed E-state index contributed by atoms with van der Waals surface area (Å²) in [5.41, 5.74) is 1.65.